The molecule has 17 heavy (non-hydrogen) atoms. The van der Waals surface area contributed by atoms with Crippen molar-refractivity contribution in [2.45, 2.75) is 38.0 Å². The fourth-order valence-electron chi connectivity index (χ4n) is 3.59. The summed E-state index contributed by atoms with van der Waals surface area (Å²) in [5, 5.41) is 9.87. The van der Waals surface area contributed by atoms with Crippen LogP contribution in [0.25, 0.3) is 0 Å². The van der Waals surface area contributed by atoms with Crippen LogP contribution in [0.3, 0.4) is 0 Å². The highest BCUT2D eigenvalue weighted by Crippen LogP contribution is 2.57. The highest BCUT2D eigenvalue weighted by atomic mass is 32.2. The van der Waals surface area contributed by atoms with E-state index in [0.29, 0.717) is 5.92 Å². The van der Waals surface area contributed by atoms with Gasteiger partial charge < -0.3 is 5.11 Å². The maximum absolute atomic E-state index is 9.87. The summed E-state index contributed by atoms with van der Waals surface area (Å²) in [5.41, 5.74) is -0.0358. The van der Waals surface area contributed by atoms with Gasteiger partial charge in [-0.2, -0.15) is 0 Å². The van der Waals surface area contributed by atoms with E-state index in [4.69, 9.17) is 0 Å². The highest BCUT2D eigenvalue weighted by Gasteiger charge is 2.55. The van der Waals surface area contributed by atoms with Crippen LogP contribution in [0.15, 0.2) is 17.6 Å². The molecule has 4 atom stereocenters. The summed E-state index contributed by atoms with van der Waals surface area (Å²) >= 11 is 1.78. The van der Waals surface area contributed by atoms with Gasteiger partial charge >= 0.3 is 0 Å². The molecule has 1 fully saturated rings. The zero-order valence-electron chi connectivity index (χ0n) is 10.9. The van der Waals surface area contributed by atoms with Crippen LogP contribution in [0.4, 0.5) is 0 Å². The third kappa shape index (κ3) is 1.88. The third-order valence-corrected chi connectivity index (χ3v) is 6.10. The van der Waals surface area contributed by atoms with E-state index in [-0.39, 0.29) is 16.9 Å². The Bertz CT molecular complexity index is 330. The first-order valence-corrected chi connectivity index (χ1v) is 7.51. The molecule has 0 spiro atoms. The standard InChI is InChI=1S/C14H23NOS/c1-4-13(6-5-11(2)9-12(13)3)14(10-16)15-7-8-17-14/h4,7,11-12,16H,1,5-6,8-10H2,2-3H3. The molecule has 2 rings (SSSR count). The van der Waals surface area contributed by atoms with Gasteiger partial charge in [-0.3, -0.25) is 4.99 Å². The maximum Gasteiger partial charge on any atom is 0.138 e. The van der Waals surface area contributed by atoms with E-state index in [1.54, 1.807) is 11.8 Å². The molecular weight excluding hydrogens is 230 g/mol. The van der Waals surface area contributed by atoms with Crippen LogP contribution in [0.5, 0.6) is 0 Å². The van der Waals surface area contributed by atoms with E-state index in [1.165, 1.54) is 12.8 Å². The van der Waals surface area contributed by atoms with Gasteiger partial charge in [0, 0.05) is 17.4 Å². The molecule has 1 saturated carbocycles. The van der Waals surface area contributed by atoms with Gasteiger partial charge in [0.2, 0.25) is 0 Å². The Morgan fingerprint density at radius 3 is 2.82 bits per heavy atom. The van der Waals surface area contributed by atoms with Crippen LogP contribution in [0.1, 0.15) is 33.1 Å². The third-order valence-electron chi connectivity index (χ3n) is 4.69. The Morgan fingerprint density at radius 2 is 2.35 bits per heavy atom. The summed E-state index contributed by atoms with van der Waals surface area (Å²) in [5.74, 6) is 2.24. The van der Waals surface area contributed by atoms with Crippen LogP contribution in [0.2, 0.25) is 0 Å². The van der Waals surface area contributed by atoms with Crippen molar-refractivity contribution < 1.29 is 5.11 Å². The fourth-order valence-corrected chi connectivity index (χ4v) is 4.91. The molecule has 3 heteroatoms. The van der Waals surface area contributed by atoms with Gasteiger partial charge in [-0.25, -0.2) is 0 Å². The van der Waals surface area contributed by atoms with Crippen molar-refractivity contribution in [2.75, 3.05) is 12.4 Å². The smallest absolute Gasteiger partial charge is 0.138 e. The van der Waals surface area contributed by atoms with Crippen molar-refractivity contribution >= 4 is 18.0 Å². The molecule has 0 radical (unpaired) electrons. The second kappa shape index (κ2) is 4.77. The lowest BCUT2D eigenvalue weighted by atomic mass is 9.60. The molecule has 1 aliphatic heterocycles. The van der Waals surface area contributed by atoms with E-state index in [1.807, 2.05) is 6.21 Å². The summed E-state index contributed by atoms with van der Waals surface area (Å²) in [6, 6.07) is 0. The molecule has 0 aromatic rings. The Labute approximate surface area is 109 Å². The number of rotatable bonds is 3. The first kappa shape index (κ1) is 13.2. The number of hydrogen-bond acceptors (Lipinski definition) is 3. The Hall–Kier alpha value is -0.280. The van der Waals surface area contributed by atoms with Crippen molar-refractivity contribution in [1.82, 2.24) is 0 Å². The molecule has 4 unspecified atom stereocenters. The molecule has 1 aliphatic carbocycles. The minimum absolute atomic E-state index is 0.0358. The predicted molar refractivity (Wildman–Crippen MR) is 75.6 cm³/mol. The summed E-state index contributed by atoms with van der Waals surface area (Å²) in [6.07, 6.45) is 7.56. The van der Waals surface area contributed by atoms with Crippen LogP contribution >= 0.6 is 11.8 Å². The van der Waals surface area contributed by atoms with E-state index in [9.17, 15) is 5.11 Å². The largest absolute Gasteiger partial charge is 0.393 e. The molecule has 1 heterocycles. The molecule has 0 aromatic carbocycles. The molecule has 1 N–H and O–H groups in total. The van der Waals surface area contributed by atoms with Crippen LogP contribution in [0, 0.1) is 17.3 Å². The quantitative estimate of drug-likeness (QED) is 0.784. The average molecular weight is 253 g/mol. The van der Waals surface area contributed by atoms with Crippen molar-refractivity contribution in [3.8, 4) is 0 Å². The Kier molecular flexibility index (Phi) is 3.69. The Morgan fingerprint density at radius 1 is 1.59 bits per heavy atom. The van der Waals surface area contributed by atoms with Crippen molar-refractivity contribution in [1.29, 1.82) is 0 Å². The van der Waals surface area contributed by atoms with Crippen molar-refractivity contribution in [3.63, 3.8) is 0 Å². The fraction of sp³-hybridized carbons (Fsp3) is 0.786. The molecule has 0 bridgehead atoms. The van der Waals surface area contributed by atoms with E-state index in [2.05, 4.69) is 31.5 Å². The zero-order valence-corrected chi connectivity index (χ0v) is 11.7. The van der Waals surface area contributed by atoms with Crippen LogP contribution in [-0.2, 0) is 0 Å². The Balaban J connectivity index is 2.36. The summed E-state index contributed by atoms with van der Waals surface area (Å²) in [4.78, 5) is 4.28. The molecule has 2 aliphatic rings. The molecule has 96 valence electrons. The lowest BCUT2D eigenvalue weighted by Gasteiger charge is -2.51. The lowest BCUT2D eigenvalue weighted by Crippen LogP contribution is -2.51. The number of hydrogen-bond donors (Lipinski definition) is 1. The van der Waals surface area contributed by atoms with Gasteiger partial charge in [-0.05, 0) is 31.1 Å². The number of aliphatic imine (C=N–C) groups is 1. The van der Waals surface area contributed by atoms with Crippen molar-refractivity contribution in [3.05, 3.63) is 12.7 Å². The lowest BCUT2D eigenvalue weighted by molar-refractivity contribution is 0.0568. The minimum atomic E-state index is -0.367. The highest BCUT2D eigenvalue weighted by molar-refractivity contribution is 8.01. The maximum atomic E-state index is 9.87. The number of aliphatic hydroxyl groups is 1. The van der Waals surface area contributed by atoms with E-state index in [0.717, 1.165) is 18.1 Å². The SMILES string of the molecule is C=CC1(C2(CO)N=CCS2)CCC(C)CC1C. The van der Waals surface area contributed by atoms with Crippen LogP contribution < -0.4 is 0 Å². The predicted octanol–water partition coefficient (Wildman–Crippen LogP) is 3.12. The van der Waals surface area contributed by atoms with Gasteiger partial charge in [-0.1, -0.05) is 19.9 Å². The van der Waals surface area contributed by atoms with Crippen LogP contribution in [-0.4, -0.2) is 28.6 Å². The second-order valence-electron chi connectivity index (χ2n) is 5.59. The second-order valence-corrected chi connectivity index (χ2v) is 6.89. The molecule has 0 saturated heterocycles. The molecular formula is C14H23NOS. The first-order chi connectivity index (χ1) is 8.10. The summed E-state index contributed by atoms with van der Waals surface area (Å²) < 4.78 is 0. The van der Waals surface area contributed by atoms with Gasteiger partial charge in [0.25, 0.3) is 0 Å². The van der Waals surface area contributed by atoms with Gasteiger partial charge in [0.05, 0.1) is 6.61 Å². The van der Waals surface area contributed by atoms with Crippen molar-refractivity contribution in [2.24, 2.45) is 22.2 Å². The molecule has 0 aromatic heterocycles. The van der Waals surface area contributed by atoms with E-state index >= 15 is 0 Å². The summed E-state index contributed by atoms with van der Waals surface area (Å²) in [6.45, 7) is 8.81. The first-order valence-electron chi connectivity index (χ1n) is 6.52. The zero-order chi connectivity index (χ0) is 12.5. The van der Waals surface area contributed by atoms with Gasteiger partial charge in [0.15, 0.2) is 0 Å². The van der Waals surface area contributed by atoms with E-state index < -0.39 is 0 Å². The summed E-state index contributed by atoms with van der Waals surface area (Å²) in [7, 11) is 0. The van der Waals surface area contributed by atoms with Gasteiger partial charge in [-0.15, -0.1) is 18.3 Å². The normalized spacial score (nSPS) is 46.1. The average Bonchev–Trinajstić information content (AvgIpc) is 2.80. The minimum Gasteiger partial charge on any atom is -0.393 e. The number of nitrogens with zero attached hydrogens (tertiary/aromatic N) is 1. The molecule has 0 amide bonds. The monoisotopic (exact) mass is 253 g/mol. The molecule has 2 nitrogen and oxygen atoms in total. The number of thioether (sulfide) groups is 1. The number of aliphatic hydroxyl groups excluding tert-OH is 1. The van der Waals surface area contributed by atoms with Gasteiger partial charge in [0.1, 0.15) is 4.87 Å². The topological polar surface area (TPSA) is 32.6 Å².